The molecule has 0 bridgehead atoms. The van der Waals surface area contributed by atoms with Gasteiger partial charge in [-0.1, -0.05) is 12.1 Å². The number of para-hydroxylation sites is 1. The molecule has 0 spiro atoms. The number of nitrogens with zero attached hydrogens (tertiary/aromatic N) is 1. The van der Waals surface area contributed by atoms with Crippen molar-refractivity contribution in [2.24, 2.45) is 0 Å². The molecule has 3 amide bonds. The number of anilines is 2. The minimum absolute atomic E-state index is 0.0821. The zero-order valence-corrected chi connectivity index (χ0v) is 13.7. The average Bonchev–Trinajstić information content (AvgIpc) is 2.97. The molecule has 3 rings (SSSR count). The third-order valence-corrected chi connectivity index (χ3v) is 3.97. The molecular formula is C18H18FN3O3. The quantitative estimate of drug-likeness (QED) is 0.897. The van der Waals surface area contributed by atoms with Crippen molar-refractivity contribution in [3.8, 4) is 5.75 Å². The second-order valence-corrected chi connectivity index (χ2v) is 5.68. The van der Waals surface area contributed by atoms with Gasteiger partial charge >= 0.3 is 6.03 Å². The minimum Gasteiger partial charge on any atom is -0.497 e. The first-order valence-corrected chi connectivity index (χ1v) is 7.83. The molecule has 1 atom stereocenters. The van der Waals surface area contributed by atoms with Crippen LogP contribution in [0.15, 0.2) is 48.5 Å². The van der Waals surface area contributed by atoms with Gasteiger partial charge in [0, 0.05) is 18.7 Å². The number of amides is 3. The average molecular weight is 343 g/mol. The highest BCUT2D eigenvalue weighted by atomic mass is 19.1. The summed E-state index contributed by atoms with van der Waals surface area (Å²) < 4.78 is 18.7. The zero-order chi connectivity index (χ0) is 17.8. The highest BCUT2D eigenvalue weighted by molar-refractivity contribution is 5.97. The summed E-state index contributed by atoms with van der Waals surface area (Å²) in [5.74, 6) is 0.107. The predicted molar refractivity (Wildman–Crippen MR) is 92.3 cm³/mol. The first-order chi connectivity index (χ1) is 12.1. The minimum atomic E-state index is -0.542. The Hall–Kier alpha value is -3.09. The lowest BCUT2D eigenvalue weighted by atomic mass is 10.2. The Kier molecular flexibility index (Phi) is 4.83. The van der Waals surface area contributed by atoms with Gasteiger partial charge in [-0.15, -0.1) is 0 Å². The summed E-state index contributed by atoms with van der Waals surface area (Å²) in [6.07, 6.45) is 0.191. The zero-order valence-electron chi connectivity index (χ0n) is 13.7. The second-order valence-electron chi connectivity index (χ2n) is 5.68. The monoisotopic (exact) mass is 343 g/mol. The van der Waals surface area contributed by atoms with Crippen molar-refractivity contribution in [3.05, 3.63) is 54.3 Å². The summed E-state index contributed by atoms with van der Waals surface area (Å²) in [6.45, 7) is 0.357. The highest BCUT2D eigenvalue weighted by Crippen LogP contribution is 2.24. The molecule has 130 valence electrons. The maximum Gasteiger partial charge on any atom is 0.319 e. The van der Waals surface area contributed by atoms with E-state index < -0.39 is 11.8 Å². The lowest BCUT2D eigenvalue weighted by Gasteiger charge is -2.18. The maximum absolute atomic E-state index is 13.6. The summed E-state index contributed by atoms with van der Waals surface area (Å²) in [7, 11) is 1.57. The van der Waals surface area contributed by atoms with Crippen LogP contribution in [0.3, 0.4) is 0 Å². The Morgan fingerprint density at radius 1 is 1.20 bits per heavy atom. The molecule has 1 aliphatic rings. The fourth-order valence-corrected chi connectivity index (χ4v) is 2.72. The summed E-state index contributed by atoms with van der Waals surface area (Å²) in [5.41, 5.74) is 0.834. The molecule has 0 aliphatic carbocycles. The smallest absolute Gasteiger partial charge is 0.319 e. The molecule has 2 aromatic rings. The topological polar surface area (TPSA) is 70.7 Å². The molecule has 0 aromatic heterocycles. The van der Waals surface area contributed by atoms with Crippen LogP contribution in [0, 0.1) is 5.82 Å². The fourth-order valence-electron chi connectivity index (χ4n) is 2.72. The Labute approximate surface area is 144 Å². The van der Waals surface area contributed by atoms with Gasteiger partial charge < -0.3 is 20.3 Å². The van der Waals surface area contributed by atoms with Crippen molar-refractivity contribution in [2.75, 3.05) is 23.9 Å². The third kappa shape index (κ3) is 3.88. The molecule has 0 saturated carbocycles. The maximum atomic E-state index is 13.6. The lowest BCUT2D eigenvalue weighted by molar-refractivity contribution is -0.117. The Morgan fingerprint density at radius 2 is 1.92 bits per heavy atom. The van der Waals surface area contributed by atoms with Crippen molar-refractivity contribution in [3.63, 3.8) is 0 Å². The van der Waals surface area contributed by atoms with Crippen LogP contribution in [0.1, 0.15) is 6.42 Å². The van der Waals surface area contributed by atoms with E-state index in [-0.39, 0.29) is 24.1 Å². The van der Waals surface area contributed by atoms with E-state index in [4.69, 9.17) is 4.74 Å². The molecule has 1 saturated heterocycles. The lowest BCUT2D eigenvalue weighted by Crippen LogP contribution is -2.39. The van der Waals surface area contributed by atoms with Crippen LogP contribution < -0.4 is 20.3 Å². The molecule has 0 radical (unpaired) electrons. The van der Waals surface area contributed by atoms with Crippen LogP contribution in [0.5, 0.6) is 5.75 Å². The number of hydrogen-bond acceptors (Lipinski definition) is 3. The van der Waals surface area contributed by atoms with Gasteiger partial charge in [0.1, 0.15) is 11.6 Å². The van der Waals surface area contributed by atoms with Crippen molar-refractivity contribution in [2.45, 2.75) is 12.5 Å². The summed E-state index contributed by atoms with van der Waals surface area (Å²) >= 11 is 0. The van der Waals surface area contributed by atoms with Gasteiger partial charge in [-0.2, -0.15) is 0 Å². The summed E-state index contributed by atoms with van der Waals surface area (Å²) in [6, 6.07) is 12.1. The van der Waals surface area contributed by atoms with Crippen molar-refractivity contribution >= 4 is 23.3 Å². The first kappa shape index (κ1) is 16.8. The molecular weight excluding hydrogens is 325 g/mol. The van der Waals surface area contributed by atoms with Crippen molar-refractivity contribution < 1.29 is 18.7 Å². The van der Waals surface area contributed by atoms with Crippen molar-refractivity contribution in [1.82, 2.24) is 5.32 Å². The van der Waals surface area contributed by atoms with E-state index in [0.717, 1.165) is 5.69 Å². The Bertz CT molecular complexity index is 779. The van der Waals surface area contributed by atoms with E-state index in [1.165, 1.54) is 12.1 Å². The number of methoxy groups -OCH3 is 1. The third-order valence-electron chi connectivity index (χ3n) is 3.97. The van der Waals surface area contributed by atoms with E-state index in [1.807, 2.05) is 0 Å². The van der Waals surface area contributed by atoms with E-state index in [1.54, 1.807) is 48.4 Å². The van der Waals surface area contributed by atoms with Crippen LogP contribution in [0.4, 0.5) is 20.6 Å². The van der Waals surface area contributed by atoms with Crippen LogP contribution in [0.25, 0.3) is 0 Å². The number of nitrogens with one attached hydrogen (secondary N) is 2. The van der Waals surface area contributed by atoms with Gasteiger partial charge in [0.15, 0.2) is 0 Å². The van der Waals surface area contributed by atoms with Crippen LogP contribution in [0.2, 0.25) is 0 Å². The number of hydrogen-bond donors (Lipinski definition) is 2. The van der Waals surface area contributed by atoms with E-state index in [9.17, 15) is 14.0 Å². The van der Waals surface area contributed by atoms with Crippen LogP contribution in [-0.4, -0.2) is 31.6 Å². The number of urea groups is 1. The summed E-state index contributed by atoms with van der Waals surface area (Å²) in [5, 5.41) is 5.15. The van der Waals surface area contributed by atoms with Gasteiger partial charge in [-0.25, -0.2) is 9.18 Å². The Balaban J connectivity index is 1.60. The predicted octanol–water partition coefficient (Wildman–Crippen LogP) is 2.76. The van der Waals surface area contributed by atoms with E-state index in [2.05, 4.69) is 10.6 Å². The Morgan fingerprint density at radius 3 is 2.60 bits per heavy atom. The van der Waals surface area contributed by atoms with Crippen molar-refractivity contribution in [1.29, 1.82) is 0 Å². The number of rotatable bonds is 4. The number of halogens is 1. The molecule has 1 heterocycles. The van der Waals surface area contributed by atoms with Gasteiger partial charge in [-0.3, -0.25) is 4.79 Å². The second kappa shape index (κ2) is 7.21. The van der Waals surface area contributed by atoms with Crippen LogP contribution in [-0.2, 0) is 4.79 Å². The fraction of sp³-hybridized carbons (Fsp3) is 0.222. The molecule has 0 unspecified atom stereocenters. The largest absolute Gasteiger partial charge is 0.497 e. The molecule has 1 aliphatic heterocycles. The summed E-state index contributed by atoms with van der Waals surface area (Å²) in [4.78, 5) is 25.8. The number of carbonyl (C=O) groups is 2. The highest BCUT2D eigenvalue weighted by Gasteiger charge is 2.31. The van der Waals surface area contributed by atoms with Gasteiger partial charge in [-0.05, 0) is 36.4 Å². The van der Waals surface area contributed by atoms with E-state index in [0.29, 0.717) is 12.3 Å². The standard InChI is InChI=1S/C18H18FN3O3/c1-25-14-8-6-13(7-9-14)22-11-12(10-17(22)23)20-18(24)21-16-5-3-2-4-15(16)19/h2-9,12H,10-11H2,1H3,(H2,20,21,24)/t12-/m1/s1. The van der Waals surface area contributed by atoms with E-state index >= 15 is 0 Å². The molecule has 1 fully saturated rings. The van der Waals surface area contributed by atoms with Gasteiger partial charge in [0.2, 0.25) is 5.91 Å². The molecule has 7 heteroatoms. The number of carbonyl (C=O) groups excluding carboxylic acids is 2. The molecule has 6 nitrogen and oxygen atoms in total. The first-order valence-electron chi connectivity index (χ1n) is 7.83. The molecule has 2 N–H and O–H groups in total. The molecule has 25 heavy (non-hydrogen) atoms. The van der Waals surface area contributed by atoms with Crippen LogP contribution >= 0.6 is 0 Å². The SMILES string of the molecule is COc1ccc(N2C[C@H](NC(=O)Nc3ccccc3F)CC2=O)cc1. The van der Waals surface area contributed by atoms with Gasteiger partial charge in [0.05, 0.1) is 18.8 Å². The normalized spacial score (nSPS) is 16.6. The number of ether oxygens (including phenoxy) is 1. The van der Waals surface area contributed by atoms with Gasteiger partial charge in [0.25, 0.3) is 0 Å². The number of benzene rings is 2. The molecule has 2 aromatic carbocycles.